The zero-order chi connectivity index (χ0) is 11.5. The van der Waals surface area contributed by atoms with Gasteiger partial charge in [-0.15, -0.1) is 11.3 Å². The molecule has 0 saturated heterocycles. The Balaban J connectivity index is 2.37. The Kier molecular flexibility index (Phi) is 4.32. The number of likely N-dealkylation sites (N-methyl/N-ethyl adjacent to an activating group) is 1. The van der Waals surface area contributed by atoms with E-state index in [0.717, 1.165) is 13.1 Å². The maximum Gasteiger partial charge on any atom is 0.0303 e. The van der Waals surface area contributed by atoms with Crippen molar-refractivity contribution in [2.45, 2.75) is 32.9 Å². The lowest BCUT2D eigenvalue weighted by atomic mass is 10.0. The summed E-state index contributed by atoms with van der Waals surface area (Å²) in [5.74, 6) is 0. The van der Waals surface area contributed by atoms with Gasteiger partial charge in [0.2, 0.25) is 0 Å². The Hall–Kier alpha value is -0.380. The average molecular weight is 226 g/mol. The maximum absolute atomic E-state index is 3.52. The Morgan fingerprint density at radius 2 is 2.07 bits per heavy atom. The molecule has 0 saturated carbocycles. The first-order chi connectivity index (χ1) is 6.93. The van der Waals surface area contributed by atoms with Crippen LogP contribution in [0, 0.1) is 6.92 Å². The molecule has 1 rings (SSSR count). The fourth-order valence-corrected chi connectivity index (χ4v) is 2.10. The number of rotatable bonds is 5. The van der Waals surface area contributed by atoms with Crippen molar-refractivity contribution in [2.24, 2.45) is 0 Å². The second-order valence-corrected chi connectivity index (χ2v) is 5.84. The van der Waals surface area contributed by atoms with Crippen LogP contribution in [-0.2, 0) is 6.54 Å². The topological polar surface area (TPSA) is 15.3 Å². The zero-order valence-electron chi connectivity index (χ0n) is 10.4. The first-order valence-corrected chi connectivity index (χ1v) is 6.22. The molecule has 0 bridgehead atoms. The molecule has 0 fully saturated rings. The molecule has 0 amide bonds. The van der Waals surface area contributed by atoms with Gasteiger partial charge in [-0.3, -0.25) is 0 Å². The lowest BCUT2D eigenvalue weighted by molar-refractivity contribution is 0.190. The summed E-state index contributed by atoms with van der Waals surface area (Å²) in [5, 5.41) is 5.68. The molecule has 0 spiro atoms. The van der Waals surface area contributed by atoms with E-state index in [-0.39, 0.29) is 5.54 Å². The van der Waals surface area contributed by atoms with Crippen LogP contribution in [0.5, 0.6) is 0 Å². The molecule has 1 N–H and O–H groups in total. The van der Waals surface area contributed by atoms with Gasteiger partial charge in [0.05, 0.1) is 0 Å². The number of thiophene rings is 1. The largest absolute Gasteiger partial charge is 0.310 e. The average Bonchev–Trinajstić information content (AvgIpc) is 2.51. The summed E-state index contributed by atoms with van der Waals surface area (Å²) in [6.07, 6.45) is 0. The predicted octanol–water partition coefficient (Wildman–Crippen LogP) is 2.49. The zero-order valence-corrected chi connectivity index (χ0v) is 11.2. The van der Waals surface area contributed by atoms with Crippen LogP contribution in [0.1, 0.15) is 24.3 Å². The van der Waals surface area contributed by atoms with E-state index in [1.165, 1.54) is 10.4 Å². The molecule has 1 heterocycles. The van der Waals surface area contributed by atoms with E-state index in [2.05, 4.69) is 56.5 Å². The van der Waals surface area contributed by atoms with Gasteiger partial charge in [0, 0.05) is 23.5 Å². The van der Waals surface area contributed by atoms with Crippen LogP contribution in [0.15, 0.2) is 11.4 Å². The van der Waals surface area contributed by atoms with Crippen LogP contribution in [0.2, 0.25) is 0 Å². The quantitative estimate of drug-likeness (QED) is 0.830. The Morgan fingerprint density at radius 1 is 1.40 bits per heavy atom. The summed E-state index contributed by atoms with van der Waals surface area (Å²) >= 11 is 1.83. The van der Waals surface area contributed by atoms with Crippen molar-refractivity contribution in [1.82, 2.24) is 10.2 Å². The van der Waals surface area contributed by atoms with Gasteiger partial charge < -0.3 is 10.2 Å². The van der Waals surface area contributed by atoms with Crippen molar-refractivity contribution in [3.05, 3.63) is 21.9 Å². The monoisotopic (exact) mass is 226 g/mol. The number of nitrogens with zero attached hydrogens (tertiary/aromatic N) is 1. The Labute approximate surface area is 97.3 Å². The molecule has 0 aliphatic rings. The van der Waals surface area contributed by atoms with Crippen molar-refractivity contribution in [3.63, 3.8) is 0 Å². The molecule has 0 aliphatic carbocycles. The first-order valence-electron chi connectivity index (χ1n) is 5.34. The molecule has 86 valence electrons. The Morgan fingerprint density at radius 3 is 2.53 bits per heavy atom. The molecule has 1 aromatic heterocycles. The van der Waals surface area contributed by atoms with Gasteiger partial charge in [-0.05, 0) is 51.9 Å². The normalized spacial score (nSPS) is 12.4. The van der Waals surface area contributed by atoms with Crippen LogP contribution in [0.4, 0.5) is 0 Å². The number of hydrogen-bond donors (Lipinski definition) is 1. The van der Waals surface area contributed by atoms with Crippen molar-refractivity contribution in [3.8, 4) is 0 Å². The maximum atomic E-state index is 3.52. The van der Waals surface area contributed by atoms with Crippen LogP contribution in [0.3, 0.4) is 0 Å². The fraction of sp³-hybridized carbons (Fsp3) is 0.667. The molecule has 0 atom stereocenters. The Bertz CT molecular complexity index is 302. The van der Waals surface area contributed by atoms with E-state index in [4.69, 9.17) is 0 Å². The molecule has 0 aromatic carbocycles. The summed E-state index contributed by atoms with van der Waals surface area (Å²) < 4.78 is 0. The minimum atomic E-state index is 0.213. The van der Waals surface area contributed by atoms with Crippen LogP contribution < -0.4 is 5.32 Å². The minimum Gasteiger partial charge on any atom is -0.310 e. The molecule has 1 aromatic rings. The first kappa shape index (κ1) is 12.7. The summed E-state index contributed by atoms with van der Waals surface area (Å²) in [7, 11) is 4.25. The third-order valence-corrected chi connectivity index (χ3v) is 4.04. The van der Waals surface area contributed by atoms with E-state index < -0.39 is 0 Å². The summed E-state index contributed by atoms with van der Waals surface area (Å²) in [6, 6.07) is 2.18. The summed E-state index contributed by atoms with van der Waals surface area (Å²) in [4.78, 5) is 3.70. The second kappa shape index (κ2) is 5.10. The van der Waals surface area contributed by atoms with Gasteiger partial charge >= 0.3 is 0 Å². The van der Waals surface area contributed by atoms with Gasteiger partial charge in [0.15, 0.2) is 0 Å². The van der Waals surface area contributed by atoms with Crippen molar-refractivity contribution in [2.75, 3.05) is 20.6 Å². The lowest BCUT2D eigenvalue weighted by Gasteiger charge is -2.32. The van der Waals surface area contributed by atoms with E-state index in [0.29, 0.717) is 0 Å². The van der Waals surface area contributed by atoms with Crippen molar-refractivity contribution >= 4 is 11.3 Å². The molecule has 0 aliphatic heterocycles. The van der Waals surface area contributed by atoms with E-state index in [1.807, 2.05) is 11.3 Å². The molecular weight excluding hydrogens is 204 g/mol. The van der Waals surface area contributed by atoms with Gasteiger partial charge in [-0.2, -0.15) is 0 Å². The van der Waals surface area contributed by atoms with Crippen molar-refractivity contribution < 1.29 is 0 Å². The van der Waals surface area contributed by atoms with Crippen LogP contribution >= 0.6 is 11.3 Å². The highest BCUT2D eigenvalue weighted by Crippen LogP contribution is 2.15. The minimum absolute atomic E-state index is 0.213. The molecule has 3 heteroatoms. The standard InChI is InChI=1S/C12H22N2S/c1-10-6-7-15-11(10)8-13-9-12(2,3)14(4)5/h6-7,13H,8-9H2,1-5H3. The van der Waals surface area contributed by atoms with Gasteiger partial charge in [0.1, 0.15) is 0 Å². The smallest absolute Gasteiger partial charge is 0.0303 e. The van der Waals surface area contributed by atoms with Crippen LogP contribution in [0.25, 0.3) is 0 Å². The molecule has 0 unspecified atom stereocenters. The molecule has 0 radical (unpaired) electrons. The highest BCUT2D eigenvalue weighted by atomic mass is 32.1. The second-order valence-electron chi connectivity index (χ2n) is 4.84. The highest BCUT2D eigenvalue weighted by Gasteiger charge is 2.19. The van der Waals surface area contributed by atoms with Crippen molar-refractivity contribution in [1.29, 1.82) is 0 Å². The number of hydrogen-bond acceptors (Lipinski definition) is 3. The number of nitrogens with one attached hydrogen (secondary N) is 1. The third kappa shape index (κ3) is 3.59. The summed E-state index contributed by atoms with van der Waals surface area (Å²) in [6.45, 7) is 8.67. The molecular formula is C12H22N2S. The van der Waals surface area contributed by atoms with Gasteiger partial charge in [0.25, 0.3) is 0 Å². The third-order valence-electron chi connectivity index (χ3n) is 3.02. The summed E-state index contributed by atoms with van der Waals surface area (Å²) in [5.41, 5.74) is 1.61. The fourth-order valence-electron chi connectivity index (χ4n) is 1.23. The molecule has 2 nitrogen and oxygen atoms in total. The van der Waals surface area contributed by atoms with Gasteiger partial charge in [-0.1, -0.05) is 0 Å². The van der Waals surface area contributed by atoms with Crippen LogP contribution in [-0.4, -0.2) is 31.1 Å². The highest BCUT2D eigenvalue weighted by molar-refractivity contribution is 7.10. The molecule has 15 heavy (non-hydrogen) atoms. The van der Waals surface area contributed by atoms with Gasteiger partial charge in [-0.25, -0.2) is 0 Å². The lowest BCUT2D eigenvalue weighted by Crippen LogP contribution is -2.46. The number of aryl methyl sites for hydroxylation is 1. The van der Waals surface area contributed by atoms with E-state index in [1.54, 1.807) is 0 Å². The van der Waals surface area contributed by atoms with E-state index >= 15 is 0 Å². The SMILES string of the molecule is Cc1ccsc1CNCC(C)(C)N(C)C. The predicted molar refractivity (Wildman–Crippen MR) is 68.5 cm³/mol. The van der Waals surface area contributed by atoms with E-state index in [9.17, 15) is 0 Å².